The summed E-state index contributed by atoms with van der Waals surface area (Å²) in [5, 5.41) is 15.9. The van der Waals surface area contributed by atoms with E-state index in [1.54, 1.807) is 24.3 Å². The Hall–Kier alpha value is -2.83. The standard InChI is InChI=1S/C19H25N3O4/c1-4-15(5-2)22-13(3)9-17(21-22)19(25)20-11-14-7-6-8-16(10-14)26-12-18(23)24/h6-10,15H,4-5,11-12H2,1-3H3,(H,20,25)(H,23,24). The topological polar surface area (TPSA) is 93.5 Å². The normalized spacial score (nSPS) is 10.8. The van der Waals surface area contributed by atoms with E-state index >= 15 is 0 Å². The Kier molecular flexibility index (Phi) is 6.77. The Morgan fingerprint density at radius 3 is 2.65 bits per heavy atom. The van der Waals surface area contributed by atoms with E-state index in [9.17, 15) is 9.59 Å². The van der Waals surface area contributed by atoms with Crippen LogP contribution in [0.2, 0.25) is 0 Å². The molecule has 140 valence electrons. The number of nitrogens with one attached hydrogen (secondary N) is 1. The van der Waals surface area contributed by atoms with Crippen molar-refractivity contribution in [1.29, 1.82) is 0 Å². The number of ether oxygens (including phenoxy) is 1. The van der Waals surface area contributed by atoms with Gasteiger partial charge in [0.1, 0.15) is 11.4 Å². The first-order chi connectivity index (χ1) is 12.4. The molecular formula is C19H25N3O4. The number of benzene rings is 1. The summed E-state index contributed by atoms with van der Waals surface area (Å²) in [6, 6.07) is 9.05. The van der Waals surface area contributed by atoms with Crippen LogP contribution < -0.4 is 10.1 Å². The number of carbonyl (C=O) groups excluding carboxylic acids is 1. The smallest absolute Gasteiger partial charge is 0.341 e. The van der Waals surface area contributed by atoms with Crippen molar-refractivity contribution in [2.45, 2.75) is 46.2 Å². The maximum Gasteiger partial charge on any atom is 0.341 e. The molecule has 0 fully saturated rings. The molecule has 1 aromatic carbocycles. The van der Waals surface area contributed by atoms with E-state index in [0.717, 1.165) is 24.1 Å². The molecule has 0 saturated carbocycles. The van der Waals surface area contributed by atoms with Crippen LogP contribution in [0.4, 0.5) is 0 Å². The lowest BCUT2D eigenvalue weighted by molar-refractivity contribution is -0.139. The van der Waals surface area contributed by atoms with Crippen LogP contribution in [0.25, 0.3) is 0 Å². The van der Waals surface area contributed by atoms with Gasteiger partial charge in [0.2, 0.25) is 0 Å². The summed E-state index contributed by atoms with van der Waals surface area (Å²) in [6.45, 7) is 6.07. The molecule has 1 aromatic heterocycles. The van der Waals surface area contributed by atoms with Crippen LogP contribution in [-0.2, 0) is 11.3 Å². The number of carbonyl (C=O) groups is 2. The van der Waals surface area contributed by atoms with E-state index in [1.165, 1.54) is 0 Å². The van der Waals surface area contributed by atoms with Gasteiger partial charge in [-0.3, -0.25) is 9.48 Å². The molecule has 0 aliphatic rings. The summed E-state index contributed by atoms with van der Waals surface area (Å²) in [7, 11) is 0. The largest absolute Gasteiger partial charge is 0.482 e. The Balaban J connectivity index is 1.99. The molecule has 0 spiro atoms. The van der Waals surface area contributed by atoms with Gasteiger partial charge in [-0.2, -0.15) is 5.10 Å². The first-order valence-electron chi connectivity index (χ1n) is 8.72. The second-order valence-corrected chi connectivity index (χ2v) is 6.10. The third-order valence-electron chi connectivity index (χ3n) is 4.16. The quantitative estimate of drug-likeness (QED) is 0.718. The maximum atomic E-state index is 12.4. The fraction of sp³-hybridized carbons (Fsp3) is 0.421. The third kappa shape index (κ3) is 5.08. The zero-order valence-corrected chi connectivity index (χ0v) is 15.4. The highest BCUT2D eigenvalue weighted by Gasteiger charge is 2.16. The predicted octanol–water partition coefficient (Wildman–Crippen LogP) is 2.95. The van der Waals surface area contributed by atoms with Crippen molar-refractivity contribution in [2.24, 2.45) is 0 Å². The van der Waals surface area contributed by atoms with E-state index in [2.05, 4.69) is 24.3 Å². The molecule has 1 heterocycles. The van der Waals surface area contributed by atoms with Gasteiger partial charge in [-0.1, -0.05) is 26.0 Å². The number of rotatable bonds is 9. The molecule has 2 aromatic rings. The first-order valence-corrected chi connectivity index (χ1v) is 8.72. The molecule has 26 heavy (non-hydrogen) atoms. The highest BCUT2D eigenvalue weighted by molar-refractivity contribution is 5.92. The van der Waals surface area contributed by atoms with Crippen LogP contribution >= 0.6 is 0 Å². The van der Waals surface area contributed by atoms with Crippen molar-refractivity contribution in [1.82, 2.24) is 15.1 Å². The molecule has 0 radical (unpaired) electrons. The molecule has 0 saturated heterocycles. The van der Waals surface area contributed by atoms with Crippen molar-refractivity contribution in [2.75, 3.05) is 6.61 Å². The number of amides is 1. The lowest BCUT2D eigenvalue weighted by Crippen LogP contribution is -2.23. The number of aliphatic carboxylic acids is 1. The van der Waals surface area contributed by atoms with Gasteiger partial charge < -0.3 is 15.2 Å². The molecule has 0 aliphatic carbocycles. The zero-order valence-electron chi connectivity index (χ0n) is 15.4. The van der Waals surface area contributed by atoms with Crippen LogP contribution in [0, 0.1) is 6.92 Å². The van der Waals surface area contributed by atoms with Crippen molar-refractivity contribution < 1.29 is 19.4 Å². The Labute approximate surface area is 153 Å². The summed E-state index contributed by atoms with van der Waals surface area (Å²) in [4.78, 5) is 22.9. The third-order valence-corrected chi connectivity index (χ3v) is 4.16. The molecule has 0 unspecified atom stereocenters. The average molecular weight is 359 g/mol. The summed E-state index contributed by atoms with van der Waals surface area (Å²) in [6.07, 6.45) is 1.92. The maximum absolute atomic E-state index is 12.4. The Morgan fingerprint density at radius 2 is 2.00 bits per heavy atom. The summed E-state index contributed by atoms with van der Waals surface area (Å²) >= 11 is 0. The highest BCUT2D eigenvalue weighted by Crippen LogP contribution is 2.18. The molecule has 0 atom stereocenters. The van der Waals surface area contributed by atoms with E-state index in [4.69, 9.17) is 9.84 Å². The predicted molar refractivity (Wildman–Crippen MR) is 97.3 cm³/mol. The lowest BCUT2D eigenvalue weighted by Gasteiger charge is -2.14. The van der Waals surface area contributed by atoms with Gasteiger partial charge in [0.15, 0.2) is 6.61 Å². The molecular weight excluding hydrogens is 334 g/mol. The molecule has 2 rings (SSSR count). The lowest BCUT2D eigenvalue weighted by atomic mass is 10.2. The van der Waals surface area contributed by atoms with Crippen LogP contribution in [0.5, 0.6) is 5.75 Å². The fourth-order valence-corrected chi connectivity index (χ4v) is 2.77. The zero-order chi connectivity index (χ0) is 19.1. The number of nitrogens with zero attached hydrogens (tertiary/aromatic N) is 2. The highest BCUT2D eigenvalue weighted by atomic mass is 16.5. The summed E-state index contributed by atoms with van der Waals surface area (Å²) in [5.41, 5.74) is 2.18. The second-order valence-electron chi connectivity index (χ2n) is 6.10. The van der Waals surface area contributed by atoms with E-state index in [1.807, 2.05) is 17.7 Å². The van der Waals surface area contributed by atoms with Gasteiger partial charge in [-0.05, 0) is 43.5 Å². The minimum Gasteiger partial charge on any atom is -0.482 e. The van der Waals surface area contributed by atoms with Gasteiger partial charge in [0.25, 0.3) is 5.91 Å². The van der Waals surface area contributed by atoms with Gasteiger partial charge in [0.05, 0.1) is 6.04 Å². The van der Waals surface area contributed by atoms with Crippen LogP contribution in [0.3, 0.4) is 0 Å². The van der Waals surface area contributed by atoms with Crippen LogP contribution in [0.15, 0.2) is 30.3 Å². The minimum absolute atomic E-state index is 0.241. The van der Waals surface area contributed by atoms with Crippen molar-refractivity contribution in [3.63, 3.8) is 0 Å². The average Bonchev–Trinajstić information content (AvgIpc) is 3.01. The van der Waals surface area contributed by atoms with Crippen molar-refractivity contribution in [3.8, 4) is 5.75 Å². The molecule has 0 aliphatic heterocycles. The SMILES string of the molecule is CCC(CC)n1nc(C(=O)NCc2cccc(OCC(=O)O)c2)cc1C. The second kappa shape index (κ2) is 9.03. The Bertz CT molecular complexity index is 766. The first kappa shape index (κ1) is 19.5. The Morgan fingerprint density at radius 1 is 1.27 bits per heavy atom. The van der Waals surface area contributed by atoms with Gasteiger partial charge in [-0.25, -0.2) is 4.79 Å². The number of hydrogen-bond donors (Lipinski definition) is 2. The summed E-state index contributed by atoms with van der Waals surface area (Å²) in [5.74, 6) is -0.824. The van der Waals surface area contributed by atoms with Crippen molar-refractivity contribution in [3.05, 3.63) is 47.3 Å². The minimum atomic E-state index is -1.04. The summed E-state index contributed by atoms with van der Waals surface area (Å²) < 4.78 is 7.05. The number of aryl methyl sites for hydroxylation is 1. The van der Waals surface area contributed by atoms with Crippen LogP contribution in [0.1, 0.15) is 54.5 Å². The molecule has 7 heteroatoms. The molecule has 2 N–H and O–H groups in total. The van der Waals surface area contributed by atoms with E-state index < -0.39 is 12.6 Å². The molecule has 0 bridgehead atoms. The van der Waals surface area contributed by atoms with Gasteiger partial charge in [-0.15, -0.1) is 0 Å². The fourth-order valence-electron chi connectivity index (χ4n) is 2.77. The van der Waals surface area contributed by atoms with Crippen LogP contribution in [-0.4, -0.2) is 33.4 Å². The van der Waals surface area contributed by atoms with E-state index in [0.29, 0.717) is 24.0 Å². The molecule has 1 amide bonds. The van der Waals surface area contributed by atoms with Gasteiger partial charge >= 0.3 is 5.97 Å². The number of hydrogen-bond acceptors (Lipinski definition) is 4. The number of carboxylic acids is 1. The number of carboxylic acid groups (broad SMARTS) is 1. The number of aromatic nitrogens is 2. The van der Waals surface area contributed by atoms with E-state index in [-0.39, 0.29) is 5.91 Å². The van der Waals surface area contributed by atoms with Gasteiger partial charge in [0, 0.05) is 12.2 Å². The van der Waals surface area contributed by atoms with Crippen molar-refractivity contribution >= 4 is 11.9 Å². The molecule has 7 nitrogen and oxygen atoms in total. The monoisotopic (exact) mass is 359 g/mol.